The Morgan fingerprint density at radius 3 is 2.95 bits per heavy atom. The molecule has 2 aromatic rings. The molecule has 7 heteroatoms. The predicted molar refractivity (Wildman–Crippen MR) is 80.1 cm³/mol. The van der Waals surface area contributed by atoms with Crippen LogP contribution in [0.4, 0.5) is 0 Å². The second kappa shape index (κ2) is 6.35. The van der Waals surface area contributed by atoms with Crippen molar-refractivity contribution in [2.45, 2.75) is 12.6 Å². The van der Waals surface area contributed by atoms with Gasteiger partial charge in [-0.1, -0.05) is 15.9 Å². The maximum atomic E-state index is 9.15. The van der Waals surface area contributed by atoms with Gasteiger partial charge in [0, 0.05) is 29.7 Å². The van der Waals surface area contributed by atoms with Crippen LogP contribution in [-0.4, -0.2) is 40.8 Å². The zero-order valence-corrected chi connectivity index (χ0v) is 12.9. The van der Waals surface area contributed by atoms with Crippen molar-refractivity contribution in [3.8, 4) is 17.5 Å². The number of nitrogens with one attached hydrogen (secondary N) is 1. The highest BCUT2D eigenvalue weighted by Gasteiger charge is 2.23. The van der Waals surface area contributed by atoms with Gasteiger partial charge in [0.25, 0.3) is 0 Å². The summed E-state index contributed by atoms with van der Waals surface area (Å²) in [5.74, 6) is 1.04. The molecule has 0 spiro atoms. The molecule has 1 atom stereocenters. The summed E-state index contributed by atoms with van der Waals surface area (Å²) in [7, 11) is 0. The monoisotopic (exact) mass is 347 g/mol. The maximum Gasteiger partial charge on any atom is 0.247 e. The van der Waals surface area contributed by atoms with E-state index in [4.69, 9.17) is 9.68 Å². The van der Waals surface area contributed by atoms with E-state index in [9.17, 15) is 0 Å². The minimum Gasteiger partial charge on any atom is -0.419 e. The van der Waals surface area contributed by atoms with E-state index < -0.39 is 0 Å². The van der Waals surface area contributed by atoms with Gasteiger partial charge >= 0.3 is 0 Å². The van der Waals surface area contributed by atoms with Crippen LogP contribution in [0, 0.1) is 11.3 Å². The van der Waals surface area contributed by atoms with Crippen LogP contribution in [0.3, 0.4) is 0 Å². The minimum absolute atomic E-state index is 0.151. The average molecular weight is 348 g/mol. The molecule has 2 heterocycles. The van der Waals surface area contributed by atoms with Crippen molar-refractivity contribution in [2.75, 3.05) is 19.6 Å². The molecule has 0 aliphatic carbocycles. The van der Waals surface area contributed by atoms with Gasteiger partial charge in [0.2, 0.25) is 11.8 Å². The van der Waals surface area contributed by atoms with Gasteiger partial charge in [-0.05, 0) is 24.3 Å². The first-order chi connectivity index (χ1) is 10.3. The lowest BCUT2D eigenvalue weighted by Crippen LogP contribution is -2.50. The predicted octanol–water partition coefficient (Wildman–Crippen LogP) is 1.80. The number of piperazine rings is 1. The van der Waals surface area contributed by atoms with Crippen molar-refractivity contribution in [3.05, 3.63) is 34.6 Å². The summed E-state index contributed by atoms with van der Waals surface area (Å²) < 4.78 is 6.70. The van der Waals surface area contributed by atoms with Gasteiger partial charge in [0.05, 0.1) is 12.6 Å². The third kappa shape index (κ3) is 3.29. The summed E-state index contributed by atoms with van der Waals surface area (Å²) in [6.45, 7) is 2.84. The normalized spacial score (nSPS) is 19.3. The van der Waals surface area contributed by atoms with Crippen molar-refractivity contribution in [1.29, 1.82) is 5.26 Å². The molecule has 1 fully saturated rings. The molecule has 1 saturated heterocycles. The van der Waals surface area contributed by atoms with Gasteiger partial charge < -0.3 is 9.73 Å². The highest BCUT2D eigenvalue weighted by atomic mass is 79.9. The molecule has 21 heavy (non-hydrogen) atoms. The van der Waals surface area contributed by atoms with Gasteiger partial charge in [-0.25, -0.2) is 0 Å². The van der Waals surface area contributed by atoms with Crippen LogP contribution >= 0.6 is 15.9 Å². The topological polar surface area (TPSA) is 78.0 Å². The van der Waals surface area contributed by atoms with Crippen LogP contribution in [0.2, 0.25) is 0 Å². The SMILES string of the molecule is N#CC1CNCCN1Cc1nnc(-c2ccc(Br)cc2)o1. The maximum absolute atomic E-state index is 9.15. The Morgan fingerprint density at radius 2 is 2.19 bits per heavy atom. The standard InChI is InChI=1S/C14H14BrN5O/c15-11-3-1-10(2-4-11)14-19-18-13(21-14)9-20-6-5-17-8-12(20)7-16/h1-4,12,17H,5-6,8-9H2. The molecule has 6 nitrogen and oxygen atoms in total. The van der Waals surface area contributed by atoms with Crippen molar-refractivity contribution >= 4 is 15.9 Å². The van der Waals surface area contributed by atoms with Gasteiger partial charge in [0.15, 0.2) is 0 Å². The number of rotatable bonds is 3. The third-order valence-electron chi connectivity index (χ3n) is 3.40. The van der Waals surface area contributed by atoms with Crippen LogP contribution < -0.4 is 5.32 Å². The van der Waals surface area contributed by atoms with Gasteiger partial charge in [0.1, 0.15) is 6.04 Å². The lowest BCUT2D eigenvalue weighted by atomic mass is 10.2. The lowest BCUT2D eigenvalue weighted by molar-refractivity contribution is 0.173. The Morgan fingerprint density at radius 1 is 1.38 bits per heavy atom. The summed E-state index contributed by atoms with van der Waals surface area (Å²) in [5.41, 5.74) is 0.883. The fraction of sp³-hybridized carbons (Fsp3) is 0.357. The molecule has 1 aromatic carbocycles. The Hall–Kier alpha value is -1.75. The summed E-state index contributed by atoms with van der Waals surface area (Å²) >= 11 is 3.39. The molecule has 0 radical (unpaired) electrons. The van der Waals surface area contributed by atoms with Crippen molar-refractivity contribution in [3.63, 3.8) is 0 Å². The first-order valence-electron chi connectivity index (χ1n) is 6.69. The number of halogens is 1. The number of aromatic nitrogens is 2. The summed E-state index contributed by atoms with van der Waals surface area (Å²) in [5, 5.41) is 20.5. The number of hydrogen-bond donors (Lipinski definition) is 1. The van der Waals surface area contributed by atoms with Crippen LogP contribution in [0.5, 0.6) is 0 Å². The zero-order chi connectivity index (χ0) is 14.7. The molecule has 0 bridgehead atoms. The van der Waals surface area contributed by atoms with E-state index in [-0.39, 0.29) is 6.04 Å². The molecule has 0 amide bonds. The molecular weight excluding hydrogens is 334 g/mol. The first-order valence-corrected chi connectivity index (χ1v) is 7.48. The lowest BCUT2D eigenvalue weighted by Gasteiger charge is -2.30. The number of nitriles is 1. The van der Waals surface area contributed by atoms with E-state index in [0.29, 0.717) is 24.9 Å². The highest BCUT2D eigenvalue weighted by molar-refractivity contribution is 9.10. The second-order valence-corrected chi connectivity index (χ2v) is 5.74. The van der Waals surface area contributed by atoms with Crippen molar-refractivity contribution < 1.29 is 4.42 Å². The Kier molecular flexibility index (Phi) is 4.29. The Labute approximate surface area is 130 Å². The number of hydrogen-bond acceptors (Lipinski definition) is 6. The molecule has 1 aliphatic rings. The summed E-state index contributed by atoms with van der Waals surface area (Å²) in [4.78, 5) is 2.05. The molecule has 1 unspecified atom stereocenters. The minimum atomic E-state index is -0.151. The van der Waals surface area contributed by atoms with Crippen molar-refractivity contribution in [1.82, 2.24) is 20.4 Å². The van der Waals surface area contributed by atoms with Crippen LogP contribution in [0.25, 0.3) is 11.5 Å². The third-order valence-corrected chi connectivity index (χ3v) is 3.93. The smallest absolute Gasteiger partial charge is 0.247 e. The van der Waals surface area contributed by atoms with Crippen LogP contribution in [0.15, 0.2) is 33.2 Å². The number of nitrogens with zero attached hydrogens (tertiary/aromatic N) is 4. The van der Waals surface area contributed by atoms with E-state index in [2.05, 4.69) is 42.4 Å². The fourth-order valence-electron chi connectivity index (χ4n) is 2.26. The highest BCUT2D eigenvalue weighted by Crippen LogP contribution is 2.21. The largest absolute Gasteiger partial charge is 0.419 e. The molecular formula is C14H14BrN5O. The molecule has 0 saturated carbocycles. The van der Waals surface area contributed by atoms with Gasteiger partial charge in [-0.3, -0.25) is 4.90 Å². The fourth-order valence-corrected chi connectivity index (χ4v) is 2.53. The van der Waals surface area contributed by atoms with E-state index >= 15 is 0 Å². The second-order valence-electron chi connectivity index (χ2n) is 4.83. The van der Waals surface area contributed by atoms with E-state index in [0.717, 1.165) is 23.1 Å². The van der Waals surface area contributed by atoms with Gasteiger partial charge in [-0.2, -0.15) is 5.26 Å². The summed E-state index contributed by atoms with van der Waals surface area (Å²) in [6, 6.07) is 9.84. The van der Waals surface area contributed by atoms with E-state index in [1.807, 2.05) is 24.3 Å². The molecule has 3 rings (SSSR count). The Balaban J connectivity index is 1.73. The van der Waals surface area contributed by atoms with Crippen LogP contribution in [0.1, 0.15) is 5.89 Å². The summed E-state index contributed by atoms with van der Waals surface area (Å²) in [6.07, 6.45) is 0. The molecule has 1 N–H and O–H groups in total. The molecule has 1 aliphatic heterocycles. The molecule has 1 aromatic heterocycles. The van der Waals surface area contributed by atoms with E-state index in [1.165, 1.54) is 0 Å². The van der Waals surface area contributed by atoms with Gasteiger partial charge in [-0.15, -0.1) is 10.2 Å². The molecule has 108 valence electrons. The number of benzene rings is 1. The average Bonchev–Trinajstić information content (AvgIpc) is 2.97. The van der Waals surface area contributed by atoms with Crippen molar-refractivity contribution in [2.24, 2.45) is 0 Å². The first kappa shape index (κ1) is 14.2. The quantitative estimate of drug-likeness (QED) is 0.911. The van der Waals surface area contributed by atoms with E-state index in [1.54, 1.807) is 0 Å². The zero-order valence-electron chi connectivity index (χ0n) is 11.3. The van der Waals surface area contributed by atoms with Crippen LogP contribution in [-0.2, 0) is 6.54 Å². The Bertz CT molecular complexity index is 648.